The highest BCUT2D eigenvalue weighted by Crippen LogP contribution is 2.37. The molecule has 2 N–H and O–H groups in total. The molecule has 35 heavy (non-hydrogen) atoms. The van der Waals surface area contributed by atoms with Gasteiger partial charge in [0, 0.05) is 30.5 Å². The highest BCUT2D eigenvalue weighted by atomic mass is 32.2. The topological polar surface area (TPSA) is 149 Å². The van der Waals surface area contributed by atoms with Crippen molar-refractivity contribution in [2.45, 2.75) is 18.7 Å². The predicted octanol–water partition coefficient (Wildman–Crippen LogP) is 3.67. The van der Waals surface area contributed by atoms with E-state index in [9.17, 15) is 18.5 Å². The maximum absolute atomic E-state index is 12.7. The molecule has 1 aliphatic heterocycles. The third-order valence-electron chi connectivity index (χ3n) is 5.27. The minimum Gasteiger partial charge on any atom is -0.486 e. The molecule has 1 aromatic heterocycles. The van der Waals surface area contributed by atoms with Gasteiger partial charge in [0.2, 0.25) is 21.7 Å². The lowest BCUT2D eigenvalue weighted by Gasteiger charge is -2.19. The Labute approximate surface area is 202 Å². The van der Waals surface area contributed by atoms with E-state index in [-0.39, 0.29) is 22.2 Å². The zero-order valence-corrected chi connectivity index (χ0v) is 19.9. The molecular formula is C22H24N6O6S. The zero-order chi connectivity index (χ0) is 25.0. The largest absolute Gasteiger partial charge is 0.486 e. The Morgan fingerprint density at radius 2 is 1.51 bits per heavy atom. The number of rotatable bonds is 9. The number of nitro groups is 1. The first-order valence-corrected chi connectivity index (χ1v) is 12.3. The molecule has 0 fully saturated rings. The highest BCUT2D eigenvalue weighted by molar-refractivity contribution is 7.89. The molecule has 0 unspecified atom stereocenters. The Morgan fingerprint density at radius 3 is 2.11 bits per heavy atom. The van der Waals surface area contributed by atoms with Gasteiger partial charge in [-0.05, 0) is 36.4 Å². The monoisotopic (exact) mass is 500 g/mol. The molecule has 0 saturated heterocycles. The molecule has 13 heteroatoms. The summed E-state index contributed by atoms with van der Waals surface area (Å²) in [7, 11) is -3.62. The van der Waals surface area contributed by atoms with Crippen molar-refractivity contribution in [1.29, 1.82) is 0 Å². The van der Waals surface area contributed by atoms with Crippen LogP contribution in [0.1, 0.15) is 13.8 Å². The first-order valence-electron chi connectivity index (χ1n) is 10.9. The zero-order valence-electron chi connectivity index (χ0n) is 19.1. The summed E-state index contributed by atoms with van der Waals surface area (Å²) in [5.74, 6) is 1.04. The second-order valence-corrected chi connectivity index (χ2v) is 9.34. The number of hydrogen-bond donors (Lipinski definition) is 2. The van der Waals surface area contributed by atoms with Gasteiger partial charge in [0.05, 0.1) is 9.82 Å². The molecule has 0 bridgehead atoms. The number of hydrogen-bond acceptors (Lipinski definition) is 10. The Balaban J connectivity index is 1.59. The fourth-order valence-corrected chi connectivity index (χ4v) is 5.01. The van der Waals surface area contributed by atoms with Crippen molar-refractivity contribution >= 4 is 38.7 Å². The minimum absolute atomic E-state index is 0.0232. The van der Waals surface area contributed by atoms with Crippen molar-refractivity contribution in [3.8, 4) is 11.5 Å². The summed E-state index contributed by atoms with van der Waals surface area (Å²) < 4.78 is 37.8. The molecule has 2 aromatic carbocycles. The Kier molecular flexibility index (Phi) is 6.98. The van der Waals surface area contributed by atoms with Crippen LogP contribution >= 0.6 is 0 Å². The van der Waals surface area contributed by atoms with Gasteiger partial charge in [-0.15, -0.1) is 0 Å². The Morgan fingerprint density at radius 1 is 0.943 bits per heavy atom. The van der Waals surface area contributed by atoms with Crippen LogP contribution in [0.2, 0.25) is 0 Å². The van der Waals surface area contributed by atoms with Crippen LogP contribution in [0.5, 0.6) is 11.5 Å². The molecule has 0 amide bonds. The second kappa shape index (κ2) is 10.1. The molecule has 184 valence electrons. The fourth-order valence-electron chi connectivity index (χ4n) is 3.55. The van der Waals surface area contributed by atoms with Crippen LogP contribution in [0, 0.1) is 10.1 Å². The number of benzene rings is 2. The maximum Gasteiger partial charge on any atom is 0.353 e. The third kappa shape index (κ3) is 5.10. The molecule has 0 atom stereocenters. The lowest BCUT2D eigenvalue weighted by atomic mass is 10.2. The van der Waals surface area contributed by atoms with E-state index in [1.807, 2.05) is 0 Å². The summed E-state index contributed by atoms with van der Waals surface area (Å²) in [6.45, 7) is 5.10. The minimum atomic E-state index is -3.62. The number of anilines is 4. The van der Waals surface area contributed by atoms with Gasteiger partial charge in [0.15, 0.2) is 11.5 Å². The average molecular weight is 501 g/mol. The second-order valence-electron chi connectivity index (χ2n) is 7.40. The summed E-state index contributed by atoms with van der Waals surface area (Å²) >= 11 is 0. The van der Waals surface area contributed by atoms with Gasteiger partial charge in [-0.2, -0.15) is 4.31 Å². The summed E-state index contributed by atoms with van der Waals surface area (Å²) in [4.78, 5) is 19.5. The molecule has 0 spiro atoms. The predicted molar refractivity (Wildman–Crippen MR) is 129 cm³/mol. The molecule has 0 radical (unpaired) electrons. The van der Waals surface area contributed by atoms with Crippen molar-refractivity contribution in [2.75, 3.05) is 36.9 Å². The van der Waals surface area contributed by atoms with E-state index in [0.717, 1.165) is 0 Å². The van der Waals surface area contributed by atoms with Crippen LogP contribution < -0.4 is 20.1 Å². The molecule has 0 aliphatic carbocycles. The van der Waals surface area contributed by atoms with E-state index in [1.54, 1.807) is 32.0 Å². The molecular weight excluding hydrogens is 476 g/mol. The number of aromatic nitrogens is 2. The standard InChI is InChI=1S/C22H24N6O6S/c1-3-27(4-2)35(31,32)17-8-5-15(6-9-17)25-21-20(28(29)30)22(24-14-23-21)26-16-7-10-18-19(13-16)34-12-11-33-18/h5-10,13-14H,3-4,11-12H2,1-2H3,(H2,23,24,25,26). The van der Waals surface area contributed by atoms with Gasteiger partial charge in [-0.3, -0.25) is 10.1 Å². The van der Waals surface area contributed by atoms with Crippen molar-refractivity contribution in [2.24, 2.45) is 0 Å². The maximum atomic E-state index is 12.7. The van der Waals surface area contributed by atoms with Crippen LogP contribution in [0.3, 0.4) is 0 Å². The molecule has 12 nitrogen and oxygen atoms in total. The van der Waals surface area contributed by atoms with E-state index in [4.69, 9.17) is 9.47 Å². The average Bonchev–Trinajstić information content (AvgIpc) is 2.85. The number of sulfonamides is 1. The van der Waals surface area contributed by atoms with Crippen molar-refractivity contribution in [3.05, 3.63) is 58.9 Å². The van der Waals surface area contributed by atoms with Gasteiger partial charge >= 0.3 is 5.69 Å². The fraction of sp³-hybridized carbons (Fsp3) is 0.273. The number of ether oxygens (including phenoxy) is 2. The lowest BCUT2D eigenvalue weighted by molar-refractivity contribution is -0.383. The normalized spacial score (nSPS) is 12.9. The summed E-state index contributed by atoms with van der Waals surface area (Å²) in [6, 6.07) is 11.0. The Bertz CT molecular complexity index is 1330. The van der Waals surface area contributed by atoms with Gasteiger partial charge in [0.25, 0.3) is 0 Å². The van der Waals surface area contributed by atoms with Gasteiger partial charge in [-0.25, -0.2) is 18.4 Å². The van der Waals surface area contributed by atoms with Crippen LogP contribution in [-0.2, 0) is 10.0 Å². The summed E-state index contributed by atoms with van der Waals surface area (Å²) in [5, 5.41) is 17.7. The van der Waals surface area contributed by atoms with Crippen molar-refractivity contribution in [1.82, 2.24) is 14.3 Å². The SMILES string of the molecule is CCN(CC)S(=O)(=O)c1ccc(Nc2ncnc(Nc3ccc4c(c3)OCCO4)c2[N+](=O)[O-])cc1. The van der Waals surface area contributed by atoms with E-state index < -0.39 is 14.9 Å². The van der Waals surface area contributed by atoms with E-state index in [2.05, 4.69) is 20.6 Å². The first-order chi connectivity index (χ1) is 16.8. The van der Waals surface area contributed by atoms with Crippen LogP contribution in [0.4, 0.5) is 28.7 Å². The molecule has 3 aromatic rings. The quantitative estimate of drug-likeness (QED) is 0.329. The van der Waals surface area contributed by atoms with Crippen LogP contribution in [0.15, 0.2) is 53.7 Å². The number of fused-ring (bicyclic) bond motifs is 1. The molecule has 0 saturated carbocycles. The molecule has 4 rings (SSSR count). The first kappa shape index (κ1) is 24.2. The van der Waals surface area contributed by atoms with Gasteiger partial charge in [-0.1, -0.05) is 13.8 Å². The van der Waals surface area contributed by atoms with Crippen LogP contribution in [0.25, 0.3) is 0 Å². The third-order valence-corrected chi connectivity index (χ3v) is 7.33. The number of nitrogens with zero attached hydrogens (tertiary/aromatic N) is 4. The summed E-state index contributed by atoms with van der Waals surface area (Å²) in [5.41, 5.74) is 0.575. The number of nitrogens with one attached hydrogen (secondary N) is 2. The van der Waals surface area contributed by atoms with E-state index in [1.165, 1.54) is 34.9 Å². The van der Waals surface area contributed by atoms with Crippen LogP contribution in [-0.4, -0.2) is 53.9 Å². The lowest BCUT2D eigenvalue weighted by Crippen LogP contribution is -2.30. The van der Waals surface area contributed by atoms with Crippen molar-refractivity contribution in [3.63, 3.8) is 0 Å². The smallest absolute Gasteiger partial charge is 0.353 e. The van der Waals surface area contributed by atoms with E-state index in [0.29, 0.717) is 49.2 Å². The van der Waals surface area contributed by atoms with Gasteiger partial charge < -0.3 is 20.1 Å². The summed E-state index contributed by atoms with van der Waals surface area (Å²) in [6.07, 6.45) is 1.19. The van der Waals surface area contributed by atoms with Gasteiger partial charge in [0.1, 0.15) is 19.5 Å². The van der Waals surface area contributed by atoms with Crippen molar-refractivity contribution < 1.29 is 22.8 Å². The Hall–Kier alpha value is -3.97. The van der Waals surface area contributed by atoms with E-state index >= 15 is 0 Å². The molecule has 1 aliphatic rings. The molecule has 2 heterocycles. The highest BCUT2D eigenvalue weighted by Gasteiger charge is 2.25.